The first-order chi connectivity index (χ1) is 6.16. The van der Waals surface area contributed by atoms with Gasteiger partial charge in [0.25, 0.3) is 0 Å². The summed E-state index contributed by atoms with van der Waals surface area (Å²) < 4.78 is 96.1. The second kappa shape index (κ2) is 4.11. The number of halogens is 8. The van der Waals surface area contributed by atoms with E-state index in [-0.39, 0.29) is 0 Å². The maximum absolute atomic E-state index is 12.1. The van der Waals surface area contributed by atoms with E-state index in [9.17, 15) is 35.1 Å². The SMILES string of the molecule is FCOC(F)(F)C(F)(F)C(F)=C(F)F. The Labute approximate surface area is 71.9 Å². The highest BCUT2D eigenvalue weighted by Crippen LogP contribution is 2.42. The minimum atomic E-state index is -5.90. The lowest BCUT2D eigenvalue weighted by Crippen LogP contribution is -2.43. The van der Waals surface area contributed by atoms with Crippen LogP contribution in [0.5, 0.6) is 0 Å². The lowest BCUT2D eigenvalue weighted by atomic mass is 10.3. The van der Waals surface area contributed by atoms with Gasteiger partial charge in [0.2, 0.25) is 5.83 Å². The van der Waals surface area contributed by atoms with Crippen molar-refractivity contribution in [3.63, 3.8) is 0 Å². The van der Waals surface area contributed by atoms with Crippen molar-refractivity contribution in [2.24, 2.45) is 0 Å². The van der Waals surface area contributed by atoms with E-state index < -0.39 is 30.8 Å². The second-order valence-corrected chi connectivity index (χ2v) is 1.92. The Hall–Kier alpha value is -0.860. The molecular formula is C5H2F8O. The maximum atomic E-state index is 12.1. The molecule has 0 heterocycles. The van der Waals surface area contributed by atoms with Crippen LogP contribution in [0.15, 0.2) is 11.9 Å². The van der Waals surface area contributed by atoms with Crippen molar-refractivity contribution in [1.82, 2.24) is 0 Å². The van der Waals surface area contributed by atoms with Gasteiger partial charge < -0.3 is 0 Å². The van der Waals surface area contributed by atoms with Crippen LogP contribution in [-0.4, -0.2) is 18.9 Å². The molecule has 0 atom stereocenters. The Morgan fingerprint density at radius 1 is 1.00 bits per heavy atom. The summed E-state index contributed by atoms with van der Waals surface area (Å²) in [6.07, 6.45) is -9.30. The standard InChI is InChI=1S/C5H2F8O/c6-1-14-5(12,13)4(10,11)2(7)3(8)9/h1H2. The quantitative estimate of drug-likeness (QED) is 0.673. The van der Waals surface area contributed by atoms with Crippen LogP contribution in [-0.2, 0) is 4.74 Å². The maximum Gasteiger partial charge on any atom is 0.428 e. The summed E-state index contributed by atoms with van der Waals surface area (Å²) in [4.78, 5) is 0. The molecule has 84 valence electrons. The van der Waals surface area contributed by atoms with Gasteiger partial charge in [0.15, 0.2) is 6.86 Å². The van der Waals surface area contributed by atoms with Crippen LogP contribution in [0.4, 0.5) is 35.1 Å². The van der Waals surface area contributed by atoms with Gasteiger partial charge in [0.05, 0.1) is 0 Å². The van der Waals surface area contributed by atoms with E-state index in [1.807, 2.05) is 0 Å². The summed E-state index contributed by atoms with van der Waals surface area (Å²) in [6, 6.07) is 0. The van der Waals surface area contributed by atoms with E-state index in [1.54, 1.807) is 0 Å². The predicted octanol–water partition coefficient (Wildman–Crippen LogP) is 3.24. The third kappa shape index (κ3) is 2.34. The zero-order chi connectivity index (χ0) is 11.6. The highest BCUT2D eigenvalue weighted by molar-refractivity contribution is 5.08. The molecule has 0 fully saturated rings. The molecule has 0 spiro atoms. The Morgan fingerprint density at radius 2 is 1.43 bits per heavy atom. The molecule has 14 heavy (non-hydrogen) atoms. The summed E-state index contributed by atoms with van der Waals surface area (Å²) in [5, 5.41) is 0. The van der Waals surface area contributed by atoms with Crippen LogP contribution in [0.25, 0.3) is 0 Å². The fraction of sp³-hybridized carbons (Fsp3) is 0.600. The first kappa shape index (κ1) is 13.1. The first-order valence-electron chi connectivity index (χ1n) is 2.83. The van der Waals surface area contributed by atoms with E-state index >= 15 is 0 Å². The molecule has 0 unspecified atom stereocenters. The third-order valence-electron chi connectivity index (χ3n) is 1.04. The molecule has 0 aromatic carbocycles. The van der Waals surface area contributed by atoms with Crippen molar-refractivity contribution >= 4 is 0 Å². The predicted molar refractivity (Wildman–Crippen MR) is 27.3 cm³/mol. The van der Waals surface area contributed by atoms with Crippen LogP contribution < -0.4 is 0 Å². The van der Waals surface area contributed by atoms with Crippen molar-refractivity contribution in [2.75, 3.05) is 6.86 Å². The van der Waals surface area contributed by atoms with E-state index in [0.29, 0.717) is 0 Å². The van der Waals surface area contributed by atoms with Crippen LogP contribution in [0.1, 0.15) is 0 Å². The smallest absolute Gasteiger partial charge is 0.283 e. The lowest BCUT2D eigenvalue weighted by molar-refractivity contribution is -0.348. The van der Waals surface area contributed by atoms with E-state index in [2.05, 4.69) is 4.74 Å². The minimum Gasteiger partial charge on any atom is -0.283 e. The summed E-state index contributed by atoms with van der Waals surface area (Å²) in [5.41, 5.74) is 0. The van der Waals surface area contributed by atoms with E-state index in [0.717, 1.165) is 0 Å². The van der Waals surface area contributed by atoms with Gasteiger partial charge in [-0.3, -0.25) is 4.74 Å². The number of rotatable bonds is 4. The minimum absolute atomic E-state index is 2.37. The topological polar surface area (TPSA) is 9.23 Å². The molecular weight excluding hydrogens is 228 g/mol. The average molecular weight is 230 g/mol. The van der Waals surface area contributed by atoms with Gasteiger partial charge in [-0.05, 0) is 0 Å². The van der Waals surface area contributed by atoms with Gasteiger partial charge >= 0.3 is 18.1 Å². The Morgan fingerprint density at radius 3 is 1.71 bits per heavy atom. The van der Waals surface area contributed by atoms with Gasteiger partial charge in [0.1, 0.15) is 0 Å². The molecule has 1 nitrogen and oxygen atoms in total. The lowest BCUT2D eigenvalue weighted by Gasteiger charge is -2.22. The van der Waals surface area contributed by atoms with Crippen molar-refractivity contribution < 1.29 is 39.9 Å². The van der Waals surface area contributed by atoms with Gasteiger partial charge in [-0.2, -0.15) is 30.7 Å². The number of alkyl halides is 5. The van der Waals surface area contributed by atoms with Crippen LogP contribution >= 0.6 is 0 Å². The summed E-state index contributed by atoms with van der Waals surface area (Å²) >= 11 is 0. The van der Waals surface area contributed by atoms with Crippen molar-refractivity contribution in [3.05, 3.63) is 11.9 Å². The normalized spacial score (nSPS) is 12.9. The molecule has 0 rings (SSSR count). The highest BCUT2D eigenvalue weighted by atomic mass is 19.3. The number of hydrogen-bond donors (Lipinski definition) is 0. The van der Waals surface area contributed by atoms with Crippen molar-refractivity contribution in [1.29, 1.82) is 0 Å². The van der Waals surface area contributed by atoms with E-state index in [4.69, 9.17) is 0 Å². The van der Waals surface area contributed by atoms with Gasteiger partial charge in [0, 0.05) is 0 Å². The number of hydrogen-bond acceptors (Lipinski definition) is 1. The second-order valence-electron chi connectivity index (χ2n) is 1.92. The molecule has 0 N–H and O–H groups in total. The fourth-order valence-corrected chi connectivity index (χ4v) is 0.406. The van der Waals surface area contributed by atoms with Gasteiger partial charge in [-0.25, -0.2) is 4.39 Å². The van der Waals surface area contributed by atoms with Crippen LogP contribution in [0, 0.1) is 0 Å². The molecule has 0 saturated carbocycles. The Balaban J connectivity index is 5.04. The highest BCUT2D eigenvalue weighted by Gasteiger charge is 2.63. The van der Waals surface area contributed by atoms with Gasteiger partial charge in [-0.1, -0.05) is 0 Å². The molecule has 0 amide bonds. The summed E-state index contributed by atoms with van der Waals surface area (Å²) in [7, 11) is 0. The molecule has 0 saturated heterocycles. The average Bonchev–Trinajstić information content (AvgIpc) is 2.02. The monoisotopic (exact) mass is 230 g/mol. The van der Waals surface area contributed by atoms with Crippen LogP contribution in [0.2, 0.25) is 0 Å². The van der Waals surface area contributed by atoms with Crippen LogP contribution in [0.3, 0.4) is 0 Å². The van der Waals surface area contributed by atoms with E-state index in [1.165, 1.54) is 0 Å². The van der Waals surface area contributed by atoms with Crippen molar-refractivity contribution in [3.8, 4) is 0 Å². The molecule has 9 heteroatoms. The summed E-state index contributed by atoms with van der Waals surface area (Å²) in [5.74, 6) is -9.56. The molecule has 0 aromatic heterocycles. The first-order valence-corrected chi connectivity index (χ1v) is 2.83. The Bertz CT molecular complexity index is 230. The molecule has 0 aliphatic carbocycles. The fourth-order valence-electron chi connectivity index (χ4n) is 0.406. The van der Waals surface area contributed by atoms with Crippen molar-refractivity contribution in [2.45, 2.75) is 12.0 Å². The zero-order valence-electron chi connectivity index (χ0n) is 6.14. The molecule has 0 aromatic rings. The Kier molecular flexibility index (Phi) is 3.86. The van der Waals surface area contributed by atoms with Gasteiger partial charge in [-0.15, -0.1) is 0 Å². The third-order valence-corrected chi connectivity index (χ3v) is 1.04. The zero-order valence-corrected chi connectivity index (χ0v) is 6.14. The molecule has 0 radical (unpaired) electrons. The summed E-state index contributed by atoms with van der Waals surface area (Å²) in [6.45, 7) is -2.37. The molecule has 0 aliphatic heterocycles. The largest absolute Gasteiger partial charge is 0.428 e. The molecule has 0 aliphatic rings. The molecule has 0 bridgehead atoms. The number of ether oxygens (including phenoxy) is 1.